The molecule has 2 bridgehead atoms. The lowest BCUT2D eigenvalue weighted by molar-refractivity contribution is 0.0555. The van der Waals surface area contributed by atoms with E-state index in [2.05, 4.69) is 20.8 Å². The minimum Gasteiger partial charge on any atom is -0.0622 e. The van der Waals surface area contributed by atoms with Crippen molar-refractivity contribution in [3.8, 4) is 0 Å². The van der Waals surface area contributed by atoms with Crippen LogP contribution in [-0.4, -0.2) is 0 Å². The van der Waals surface area contributed by atoms with Gasteiger partial charge >= 0.3 is 0 Å². The maximum absolute atomic E-state index is 2.50. The van der Waals surface area contributed by atoms with Crippen molar-refractivity contribution in [1.29, 1.82) is 0 Å². The smallest absolute Gasteiger partial charge is 0.0349 e. The summed E-state index contributed by atoms with van der Waals surface area (Å²) in [7, 11) is 0. The van der Waals surface area contributed by atoms with E-state index in [1.165, 1.54) is 12.8 Å². The predicted octanol–water partition coefficient (Wildman–Crippen LogP) is 4.10. The van der Waals surface area contributed by atoms with Crippen LogP contribution in [0.1, 0.15) is 52.9 Å². The van der Waals surface area contributed by atoms with E-state index in [4.69, 9.17) is 0 Å². The molecule has 0 aromatic carbocycles. The summed E-state index contributed by atoms with van der Waals surface area (Å²) < 4.78 is 0. The molecule has 80 valence electrons. The second kappa shape index (κ2) is 2.77. The maximum atomic E-state index is 2.50. The molecule has 3 aliphatic carbocycles. The Kier molecular flexibility index (Phi) is 1.83. The Morgan fingerprint density at radius 3 is 2.57 bits per heavy atom. The van der Waals surface area contributed by atoms with Gasteiger partial charge in [-0.2, -0.15) is 0 Å². The number of hydrogen-bond donors (Lipinski definition) is 0. The molecule has 5 unspecified atom stereocenters. The molecule has 0 nitrogen and oxygen atoms in total. The zero-order chi connectivity index (χ0) is 9.92. The summed E-state index contributed by atoms with van der Waals surface area (Å²) in [6.07, 6.45) is 7.72. The molecule has 0 radical (unpaired) electrons. The highest BCUT2D eigenvalue weighted by atomic mass is 14.6. The van der Waals surface area contributed by atoms with Crippen LogP contribution in [0.4, 0.5) is 0 Å². The van der Waals surface area contributed by atoms with Gasteiger partial charge in [-0.25, -0.2) is 0 Å². The molecule has 3 rings (SSSR count). The van der Waals surface area contributed by atoms with Crippen molar-refractivity contribution in [1.82, 2.24) is 0 Å². The molecule has 3 saturated carbocycles. The van der Waals surface area contributed by atoms with Crippen molar-refractivity contribution >= 4 is 0 Å². The maximum Gasteiger partial charge on any atom is -0.0349 e. The minimum atomic E-state index is 0.662. The second-order valence-electron chi connectivity index (χ2n) is 7.11. The van der Waals surface area contributed by atoms with E-state index in [1.807, 2.05) is 0 Å². The Hall–Kier alpha value is 0. The molecule has 14 heavy (non-hydrogen) atoms. The molecule has 0 aliphatic heterocycles. The van der Waals surface area contributed by atoms with E-state index < -0.39 is 0 Å². The number of hydrogen-bond acceptors (Lipinski definition) is 0. The van der Waals surface area contributed by atoms with Crippen LogP contribution in [0.25, 0.3) is 0 Å². The summed E-state index contributed by atoms with van der Waals surface area (Å²) in [6, 6.07) is 0. The van der Waals surface area contributed by atoms with Crippen molar-refractivity contribution < 1.29 is 0 Å². The van der Waals surface area contributed by atoms with Crippen molar-refractivity contribution in [2.24, 2.45) is 35.0 Å². The van der Waals surface area contributed by atoms with Crippen LogP contribution in [0.15, 0.2) is 0 Å². The number of fused-ring (bicyclic) bond motifs is 5. The van der Waals surface area contributed by atoms with Gasteiger partial charge in [-0.15, -0.1) is 0 Å². The average Bonchev–Trinajstić information content (AvgIpc) is 2.59. The SMILES string of the molecule is CC1CC2CC1C1CCC(C)(C)CC21. The van der Waals surface area contributed by atoms with Crippen molar-refractivity contribution in [3.05, 3.63) is 0 Å². The lowest BCUT2D eigenvalue weighted by Crippen LogP contribution is -2.35. The van der Waals surface area contributed by atoms with E-state index in [0.717, 1.165) is 29.6 Å². The van der Waals surface area contributed by atoms with Crippen LogP contribution in [0.5, 0.6) is 0 Å². The molecular formula is C14H24. The predicted molar refractivity (Wildman–Crippen MR) is 60.0 cm³/mol. The van der Waals surface area contributed by atoms with Crippen LogP contribution < -0.4 is 0 Å². The Balaban J connectivity index is 1.81. The fourth-order valence-corrected chi connectivity index (χ4v) is 4.99. The first-order valence-corrected chi connectivity index (χ1v) is 6.57. The van der Waals surface area contributed by atoms with E-state index >= 15 is 0 Å². The van der Waals surface area contributed by atoms with E-state index in [9.17, 15) is 0 Å². The first-order chi connectivity index (χ1) is 6.57. The van der Waals surface area contributed by atoms with Crippen molar-refractivity contribution in [3.63, 3.8) is 0 Å². The van der Waals surface area contributed by atoms with Gasteiger partial charge in [0.15, 0.2) is 0 Å². The highest BCUT2D eigenvalue weighted by molar-refractivity contribution is 5.02. The second-order valence-corrected chi connectivity index (χ2v) is 7.11. The van der Waals surface area contributed by atoms with E-state index in [1.54, 1.807) is 19.3 Å². The van der Waals surface area contributed by atoms with E-state index in [0.29, 0.717) is 5.41 Å². The quantitative estimate of drug-likeness (QED) is 0.542. The summed E-state index contributed by atoms with van der Waals surface area (Å²) in [4.78, 5) is 0. The van der Waals surface area contributed by atoms with Crippen LogP contribution in [0, 0.1) is 35.0 Å². The molecule has 0 aromatic heterocycles. The minimum absolute atomic E-state index is 0.662. The van der Waals surface area contributed by atoms with Gasteiger partial charge in [0.2, 0.25) is 0 Å². The Bertz CT molecular complexity index is 240. The van der Waals surface area contributed by atoms with Crippen LogP contribution in [0.2, 0.25) is 0 Å². The standard InChI is InChI=1S/C14H24/c1-9-6-10-7-12(9)11-4-5-14(2,3)8-13(10)11/h9-13H,4-8H2,1-3H3. The summed E-state index contributed by atoms with van der Waals surface area (Å²) in [6.45, 7) is 7.47. The van der Waals surface area contributed by atoms with Gasteiger partial charge in [0, 0.05) is 0 Å². The fourth-order valence-electron chi connectivity index (χ4n) is 4.99. The van der Waals surface area contributed by atoms with Gasteiger partial charge in [-0.1, -0.05) is 20.8 Å². The third-order valence-corrected chi connectivity index (χ3v) is 5.63. The van der Waals surface area contributed by atoms with E-state index in [-0.39, 0.29) is 0 Å². The Morgan fingerprint density at radius 1 is 1.00 bits per heavy atom. The first kappa shape index (κ1) is 9.24. The third-order valence-electron chi connectivity index (χ3n) is 5.63. The molecule has 0 N–H and O–H groups in total. The first-order valence-electron chi connectivity index (χ1n) is 6.57. The summed E-state index contributed by atoms with van der Waals surface area (Å²) in [5, 5.41) is 0. The zero-order valence-corrected chi connectivity index (χ0v) is 9.92. The summed E-state index contributed by atoms with van der Waals surface area (Å²) in [5.41, 5.74) is 0.662. The molecule has 0 amide bonds. The van der Waals surface area contributed by atoms with Gasteiger partial charge in [0.1, 0.15) is 0 Å². The molecule has 5 atom stereocenters. The molecule has 0 saturated heterocycles. The molecule has 0 heterocycles. The van der Waals surface area contributed by atoms with Crippen LogP contribution in [0.3, 0.4) is 0 Å². The zero-order valence-electron chi connectivity index (χ0n) is 9.92. The fraction of sp³-hybridized carbons (Fsp3) is 1.00. The topological polar surface area (TPSA) is 0 Å². The molecule has 0 aromatic rings. The number of rotatable bonds is 0. The van der Waals surface area contributed by atoms with Gasteiger partial charge in [0.25, 0.3) is 0 Å². The Labute approximate surface area is 88.5 Å². The highest BCUT2D eigenvalue weighted by Gasteiger charge is 2.53. The summed E-state index contributed by atoms with van der Waals surface area (Å²) >= 11 is 0. The largest absolute Gasteiger partial charge is 0.0622 e. The normalized spacial score (nSPS) is 54.6. The van der Waals surface area contributed by atoms with Gasteiger partial charge in [-0.05, 0) is 67.1 Å². The van der Waals surface area contributed by atoms with Gasteiger partial charge in [0.05, 0.1) is 0 Å². The Morgan fingerprint density at radius 2 is 1.79 bits per heavy atom. The molecule has 0 heteroatoms. The molecule has 3 aliphatic rings. The van der Waals surface area contributed by atoms with Gasteiger partial charge < -0.3 is 0 Å². The lowest BCUT2D eigenvalue weighted by atomic mass is 9.61. The molecule has 3 fully saturated rings. The molecular weight excluding hydrogens is 168 g/mol. The monoisotopic (exact) mass is 192 g/mol. The van der Waals surface area contributed by atoms with Crippen molar-refractivity contribution in [2.75, 3.05) is 0 Å². The van der Waals surface area contributed by atoms with Crippen molar-refractivity contribution in [2.45, 2.75) is 52.9 Å². The molecule has 0 spiro atoms. The summed E-state index contributed by atoms with van der Waals surface area (Å²) in [5.74, 6) is 5.57. The van der Waals surface area contributed by atoms with Crippen LogP contribution >= 0.6 is 0 Å². The van der Waals surface area contributed by atoms with Gasteiger partial charge in [-0.3, -0.25) is 0 Å². The third kappa shape index (κ3) is 1.19. The lowest BCUT2D eigenvalue weighted by Gasteiger charge is -2.44. The van der Waals surface area contributed by atoms with Crippen LogP contribution in [-0.2, 0) is 0 Å². The average molecular weight is 192 g/mol. The highest BCUT2D eigenvalue weighted by Crippen LogP contribution is 2.62.